The van der Waals surface area contributed by atoms with E-state index in [1.165, 1.54) is 44.9 Å². The van der Waals surface area contributed by atoms with Crippen LogP contribution in [0.1, 0.15) is 79.1 Å². The second-order valence-electron chi connectivity index (χ2n) is 8.63. The third-order valence-corrected chi connectivity index (χ3v) is 7.19. The van der Waals surface area contributed by atoms with Crippen molar-refractivity contribution >= 4 is 0 Å². The predicted molar refractivity (Wildman–Crippen MR) is 113 cm³/mol. The minimum Gasteiger partial charge on any atom is -0.103 e. The molecular formula is C25H40. The number of hydrogen-bond donors (Lipinski definition) is 0. The molecule has 0 aromatic heterocycles. The van der Waals surface area contributed by atoms with Gasteiger partial charge in [0.25, 0.3) is 0 Å². The molecule has 0 saturated heterocycles. The lowest BCUT2D eigenvalue weighted by molar-refractivity contribution is 0.180. The Hall–Kier alpha value is -1.04. The number of hydrogen-bond acceptors (Lipinski definition) is 0. The average Bonchev–Trinajstić information content (AvgIpc) is 2.99. The highest BCUT2D eigenvalue weighted by Crippen LogP contribution is 2.59. The summed E-state index contributed by atoms with van der Waals surface area (Å²) in [7, 11) is 0. The van der Waals surface area contributed by atoms with E-state index in [0.717, 1.165) is 30.1 Å². The molecular weight excluding hydrogens is 300 g/mol. The summed E-state index contributed by atoms with van der Waals surface area (Å²) in [5.74, 6) is 3.80. The lowest BCUT2D eigenvalue weighted by Gasteiger charge is -2.49. The Kier molecular flexibility index (Phi) is 7.35. The second-order valence-corrected chi connectivity index (χ2v) is 8.63. The van der Waals surface area contributed by atoms with Crippen LogP contribution < -0.4 is 0 Å². The SMILES string of the molecule is C=C/C=C1/CCC2C(=CCC3C(C)CCC23)C1(C)CCC.C=CCC. The molecule has 0 aromatic rings. The average molecular weight is 341 g/mol. The number of rotatable bonds is 4. The van der Waals surface area contributed by atoms with E-state index in [4.69, 9.17) is 0 Å². The zero-order chi connectivity index (χ0) is 18.4. The van der Waals surface area contributed by atoms with Crippen LogP contribution in [0.25, 0.3) is 0 Å². The lowest BCUT2D eigenvalue weighted by atomic mass is 9.55. The quantitative estimate of drug-likeness (QED) is 0.456. The van der Waals surface area contributed by atoms with Gasteiger partial charge in [-0.2, -0.15) is 0 Å². The molecule has 2 saturated carbocycles. The maximum atomic E-state index is 3.95. The Morgan fingerprint density at radius 2 is 1.88 bits per heavy atom. The number of allylic oxidation sites excluding steroid dienone is 6. The van der Waals surface area contributed by atoms with Gasteiger partial charge in [0.2, 0.25) is 0 Å². The zero-order valence-corrected chi connectivity index (χ0v) is 17.2. The first-order valence-corrected chi connectivity index (χ1v) is 10.7. The summed E-state index contributed by atoms with van der Waals surface area (Å²) >= 11 is 0. The van der Waals surface area contributed by atoms with Crippen molar-refractivity contribution in [2.45, 2.75) is 79.1 Å². The van der Waals surface area contributed by atoms with Crippen molar-refractivity contribution in [3.05, 3.63) is 48.6 Å². The molecule has 0 bridgehead atoms. The molecule has 0 spiro atoms. The van der Waals surface area contributed by atoms with Gasteiger partial charge in [0.15, 0.2) is 0 Å². The minimum atomic E-state index is 0.322. The van der Waals surface area contributed by atoms with Crippen LogP contribution in [0, 0.1) is 29.1 Å². The van der Waals surface area contributed by atoms with Crippen LogP contribution in [-0.4, -0.2) is 0 Å². The molecule has 3 rings (SSSR count). The van der Waals surface area contributed by atoms with Crippen LogP contribution in [0.15, 0.2) is 48.6 Å². The summed E-state index contributed by atoms with van der Waals surface area (Å²) in [6.07, 6.45) is 19.5. The first-order valence-electron chi connectivity index (χ1n) is 10.7. The molecule has 0 heteroatoms. The Morgan fingerprint density at radius 3 is 2.48 bits per heavy atom. The minimum absolute atomic E-state index is 0.322. The topological polar surface area (TPSA) is 0 Å². The van der Waals surface area contributed by atoms with Gasteiger partial charge in [0.1, 0.15) is 0 Å². The second kappa shape index (κ2) is 9.06. The van der Waals surface area contributed by atoms with Crippen molar-refractivity contribution in [1.29, 1.82) is 0 Å². The highest BCUT2D eigenvalue weighted by Gasteiger charge is 2.48. The molecule has 5 unspecified atom stereocenters. The summed E-state index contributed by atoms with van der Waals surface area (Å²) in [6, 6.07) is 0. The van der Waals surface area contributed by atoms with Gasteiger partial charge in [-0.25, -0.2) is 0 Å². The van der Waals surface area contributed by atoms with E-state index in [-0.39, 0.29) is 0 Å². The third kappa shape index (κ3) is 4.04. The van der Waals surface area contributed by atoms with Crippen molar-refractivity contribution in [1.82, 2.24) is 0 Å². The Bertz CT molecular complexity index is 520. The summed E-state index contributed by atoms with van der Waals surface area (Å²) in [6.45, 7) is 16.8. The largest absolute Gasteiger partial charge is 0.103 e. The zero-order valence-electron chi connectivity index (χ0n) is 17.2. The molecule has 0 amide bonds. The van der Waals surface area contributed by atoms with E-state index in [9.17, 15) is 0 Å². The normalized spacial score (nSPS) is 38.1. The van der Waals surface area contributed by atoms with Crippen LogP contribution in [-0.2, 0) is 0 Å². The van der Waals surface area contributed by atoms with Crippen molar-refractivity contribution in [2.75, 3.05) is 0 Å². The van der Waals surface area contributed by atoms with Crippen LogP contribution >= 0.6 is 0 Å². The molecule has 0 heterocycles. The molecule has 140 valence electrons. The smallest absolute Gasteiger partial charge is 0.00981 e. The molecule has 0 nitrogen and oxygen atoms in total. The van der Waals surface area contributed by atoms with Gasteiger partial charge in [0.05, 0.1) is 0 Å². The first kappa shape index (κ1) is 20.3. The van der Waals surface area contributed by atoms with E-state index >= 15 is 0 Å². The van der Waals surface area contributed by atoms with Gasteiger partial charge >= 0.3 is 0 Å². The van der Waals surface area contributed by atoms with Crippen LogP contribution in [0.5, 0.6) is 0 Å². The standard InChI is InChI=1S/C21H32.C4H8/c1-5-7-16-9-11-19-18-10-8-15(3)17(18)12-13-20(19)21(16,4)14-6-2;1-3-4-2/h5,7,13,15,17-19H,1,6,8-12,14H2,2-4H3;3H,1,4H2,2H3/b16-7-;. The molecule has 0 aliphatic heterocycles. The highest BCUT2D eigenvalue weighted by molar-refractivity contribution is 5.37. The predicted octanol–water partition coefficient (Wildman–Crippen LogP) is 7.89. The fourth-order valence-electron chi connectivity index (χ4n) is 5.85. The monoisotopic (exact) mass is 340 g/mol. The van der Waals surface area contributed by atoms with E-state index < -0.39 is 0 Å². The first-order chi connectivity index (χ1) is 12.0. The lowest BCUT2D eigenvalue weighted by Crippen LogP contribution is -2.38. The Labute approximate surface area is 157 Å². The van der Waals surface area contributed by atoms with Gasteiger partial charge in [0, 0.05) is 5.41 Å². The maximum Gasteiger partial charge on any atom is 0.00981 e. The molecule has 25 heavy (non-hydrogen) atoms. The fourth-order valence-corrected chi connectivity index (χ4v) is 5.85. The number of fused-ring (bicyclic) bond motifs is 3. The van der Waals surface area contributed by atoms with Crippen molar-refractivity contribution < 1.29 is 0 Å². The van der Waals surface area contributed by atoms with E-state index in [1.807, 2.05) is 12.2 Å². The van der Waals surface area contributed by atoms with E-state index in [1.54, 1.807) is 11.1 Å². The van der Waals surface area contributed by atoms with Gasteiger partial charge in [-0.15, -0.1) is 6.58 Å². The molecule has 0 aromatic carbocycles. The molecule has 5 atom stereocenters. The Balaban J connectivity index is 0.000000511. The van der Waals surface area contributed by atoms with Gasteiger partial charge < -0.3 is 0 Å². The highest BCUT2D eigenvalue weighted by atomic mass is 14.5. The maximum absolute atomic E-state index is 3.95. The van der Waals surface area contributed by atoms with Crippen molar-refractivity contribution in [3.8, 4) is 0 Å². The molecule has 3 aliphatic carbocycles. The molecule has 0 radical (unpaired) electrons. The summed E-state index contributed by atoms with van der Waals surface area (Å²) in [5.41, 5.74) is 3.77. The Morgan fingerprint density at radius 1 is 1.16 bits per heavy atom. The third-order valence-electron chi connectivity index (χ3n) is 7.19. The van der Waals surface area contributed by atoms with E-state index in [2.05, 4.69) is 53.0 Å². The molecule has 0 N–H and O–H groups in total. The summed E-state index contributed by atoms with van der Waals surface area (Å²) in [5, 5.41) is 0. The van der Waals surface area contributed by atoms with Gasteiger partial charge in [-0.05, 0) is 62.2 Å². The summed E-state index contributed by atoms with van der Waals surface area (Å²) in [4.78, 5) is 0. The van der Waals surface area contributed by atoms with Gasteiger partial charge in [-0.1, -0.05) is 82.6 Å². The van der Waals surface area contributed by atoms with Crippen molar-refractivity contribution in [2.24, 2.45) is 29.1 Å². The van der Waals surface area contributed by atoms with Crippen LogP contribution in [0.4, 0.5) is 0 Å². The molecule has 2 fully saturated rings. The molecule has 3 aliphatic rings. The van der Waals surface area contributed by atoms with Crippen LogP contribution in [0.3, 0.4) is 0 Å². The van der Waals surface area contributed by atoms with E-state index in [0.29, 0.717) is 5.41 Å². The van der Waals surface area contributed by atoms with Crippen molar-refractivity contribution in [3.63, 3.8) is 0 Å². The summed E-state index contributed by atoms with van der Waals surface area (Å²) < 4.78 is 0. The van der Waals surface area contributed by atoms with Crippen LogP contribution in [0.2, 0.25) is 0 Å². The fraction of sp³-hybridized carbons (Fsp3) is 0.680. The van der Waals surface area contributed by atoms with Gasteiger partial charge in [-0.3, -0.25) is 0 Å².